The average molecular weight is 291 g/mol. The van der Waals surface area contributed by atoms with Gasteiger partial charge in [-0.1, -0.05) is 11.6 Å². The molecule has 0 bridgehead atoms. The molecule has 0 aromatic heterocycles. The van der Waals surface area contributed by atoms with E-state index in [1.807, 2.05) is 0 Å². The van der Waals surface area contributed by atoms with E-state index in [1.54, 1.807) is 24.3 Å². The first-order valence-electron chi connectivity index (χ1n) is 4.81. The molecule has 1 nitrogen and oxygen atoms in total. The van der Waals surface area contributed by atoms with Gasteiger partial charge in [-0.2, -0.15) is 0 Å². The SMILES string of the molecule is Fc1cc(F)c(SOc2ccc(Cl)cc2)cc1F. The fraction of sp³-hybridized carbons (Fsp3) is 0. The fourth-order valence-corrected chi connectivity index (χ4v) is 1.86. The molecule has 0 fully saturated rings. The van der Waals surface area contributed by atoms with Gasteiger partial charge in [-0.3, -0.25) is 0 Å². The maximum absolute atomic E-state index is 13.3. The molecule has 2 aromatic rings. The molecule has 0 unspecified atom stereocenters. The van der Waals surface area contributed by atoms with Crippen LogP contribution in [0.25, 0.3) is 0 Å². The Morgan fingerprint density at radius 2 is 1.50 bits per heavy atom. The van der Waals surface area contributed by atoms with Crippen LogP contribution >= 0.6 is 23.6 Å². The van der Waals surface area contributed by atoms with Crippen LogP contribution in [0.1, 0.15) is 0 Å². The normalized spacial score (nSPS) is 10.4. The van der Waals surface area contributed by atoms with Gasteiger partial charge < -0.3 is 4.18 Å². The standard InChI is InChI=1S/C12H6ClF3OS/c13-7-1-3-8(4-2-7)17-18-12-6-10(15)9(14)5-11(12)16/h1-6H. The van der Waals surface area contributed by atoms with Gasteiger partial charge in [-0.25, -0.2) is 13.2 Å². The van der Waals surface area contributed by atoms with Crippen LogP contribution in [-0.2, 0) is 0 Å². The Morgan fingerprint density at radius 1 is 0.889 bits per heavy atom. The Morgan fingerprint density at radius 3 is 2.17 bits per heavy atom. The van der Waals surface area contributed by atoms with E-state index in [0.29, 0.717) is 28.9 Å². The highest BCUT2D eigenvalue weighted by molar-refractivity contribution is 7.95. The minimum absolute atomic E-state index is 0.135. The molecule has 0 amide bonds. The van der Waals surface area contributed by atoms with Gasteiger partial charge in [-0.15, -0.1) is 0 Å². The summed E-state index contributed by atoms with van der Waals surface area (Å²) in [7, 11) is 0. The molecule has 0 aliphatic heterocycles. The molecule has 0 heterocycles. The average Bonchev–Trinajstić information content (AvgIpc) is 2.34. The summed E-state index contributed by atoms with van der Waals surface area (Å²) in [6.45, 7) is 0. The van der Waals surface area contributed by atoms with Gasteiger partial charge in [0.05, 0.1) is 16.9 Å². The summed E-state index contributed by atoms with van der Waals surface area (Å²) in [5.74, 6) is -2.82. The van der Waals surface area contributed by atoms with Crippen LogP contribution in [0.5, 0.6) is 5.75 Å². The highest BCUT2D eigenvalue weighted by Gasteiger charge is 2.11. The first-order chi connectivity index (χ1) is 8.56. The number of rotatable bonds is 3. The smallest absolute Gasteiger partial charge is 0.161 e. The Balaban J connectivity index is 2.10. The van der Waals surface area contributed by atoms with Crippen molar-refractivity contribution >= 4 is 23.6 Å². The lowest BCUT2D eigenvalue weighted by Gasteiger charge is -2.05. The predicted octanol–water partition coefficient (Wildman–Crippen LogP) is 4.84. The second-order valence-electron chi connectivity index (χ2n) is 3.32. The molecule has 0 atom stereocenters. The van der Waals surface area contributed by atoms with Gasteiger partial charge in [-0.05, 0) is 30.3 Å². The lowest BCUT2D eigenvalue weighted by Crippen LogP contribution is -1.91. The summed E-state index contributed by atoms with van der Waals surface area (Å²) >= 11 is 6.28. The number of benzene rings is 2. The van der Waals surface area contributed by atoms with Gasteiger partial charge in [0, 0.05) is 11.1 Å². The van der Waals surface area contributed by atoms with Crippen LogP contribution < -0.4 is 4.18 Å². The largest absolute Gasteiger partial charge is 0.421 e. The first-order valence-corrected chi connectivity index (χ1v) is 5.93. The van der Waals surface area contributed by atoms with E-state index in [1.165, 1.54) is 0 Å². The minimum atomic E-state index is -1.23. The number of halogens is 4. The summed E-state index contributed by atoms with van der Waals surface area (Å²) in [5, 5.41) is 0.534. The highest BCUT2D eigenvalue weighted by atomic mass is 35.5. The highest BCUT2D eigenvalue weighted by Crippen LogP contribution is 2.28. The van der Waals surface area contributed by atoms with Gasteiger partial charge >= 0.3 is 0 Å². The zero-order chi connectivity index (χ0) is 13.1. The van der Waals surface area contributed by atoms with E-state index in [9.17, 15) is 13.2 Å². The fourth-order valence-electron chi connectivity index (χ4n) is 1.15. The summed E-state index contributed by atoms with van der Waals surface area (Å²) in [4.78, 5) is -0.135. The Kier molecular flexibility index (Phi) is 4.04. The molecule has 0 aliphatic rings. The number of hydrogen-bond acceptors (Lipinski definition) is 2. The molecule has 0 saturated heterocycles. The molecule has 0 radical (unpaired) electrons. The van der Waals surface area contributed by atoms with Gasteiger partial charge in [0.15, 0.2) is 11.6 Å². The molecular weight excluding hydrogens is 285 g/mol. The van der Waals surface area contributed by atoms with Crippen molar-refractivity contribution in [1.82, 2.24) is 0 Å². The van der Waals surface area contributed by atoms with E-state index in [2.05, 4.69) is 0 Å². The third kappa shape index (κ3) is 3.11. The zero-order valence-electron chi connectivity index (χ0n) is 8.79. The van der Waals surface area contributed by atoms with Gasteiger partial charge in [0.2, 0.25) is 0 Å². The van der Waals surface area contributed by atoms with Crippen molar-refractivity contribution in [2.45, 2.75) is 4.90 Å². The van der Waals surface area contributed by atoms with Crippen molar-refractivity contribution in [1.29, 1.82) is 0 Å². The van der Waals surface area contributed by atoms with Crippen LogP contribution in [0.3, 0.4) is 0 Å². The third-order valence-electron chi connectivity index (χ3n) is 2.02. The van der Waals surface area contributed by atoms with E-state index < -0.39 is 17.5 Å². The second-order valence-corrected chi connectivity index (χ2v) is 4.53. The summed E-state index contributed by atoms with van der Waals surface area (Å²) in [6.07, 6.45) is 0. The Bertz CT molecular complexity index is 560. The molecule has 18 heavy (non-hydrogen) atoms. The molecule has 0 N–H and O–H groups in total. The van der Waals surface area contributed by atoms with E-state index in [4.69, 9.17) is 15.8 Å². The topological polar surface area (TPSA) is 9.23 Å². The third-order valence-corrected chi connectivity index (χ3v) is 3.04. The van der Waals surface area contributed by atoms with E-state index in [-0.39, 0.29) is 4.90 Å². The molecule has 0 saturated carbocycles. The molecule has 2 rings (SSSR count). The lowest BCUT2D eigenvalue weighted by atomic mass is 10.3. The molecule has 6 heteroatoms. The quantitative estimate of drug-likeness (QED) is 0.591. The van der Waals surface area contributed by atoms with Crippen molar-refractivity contribution in [3.8, 4) is 5.75 Å². The van der Waals surface area contributed by atoms with Crippen molar-refractivity contribution in [3.63, 3.8) is 0 Å². The Labute approximate surface area is 111 Å². The maximum atomic E-state index is 13.3. The van der Waals surface area contributed by atoms with E-state index >= 15 is 0 Å². The van der Waals surface area contributed by atoms with Crippen LogP contribution in [-0.4, -0.2) is 0 Å². The summed E-state index contributed by atoms with van der Waals surface area (Å²) in [6, 6.07) is 7.56. The summed E-state index contributed by atoms with van der Waals surface area (Å²) in [5.41, 5.74) is 0. The molecule has 0 aliphatic carbocycles. The second kappa shape index (κ2) is 5.54. The first kappa shape index (κ1) is 13.1. The predicted molar refractivity (Wildman–Crippen MR) is 64.3 cm³/mol. The van der Waals surface area contributed by atoms with Crippen LogP contribution in [0.2, 0.25) is 5.02 Å². The zero-order valence-corrected chi connectivity index (χ0v) is 10.4. The van der Waals surface area contributed by atoms with E-state index in [0.717, 1.165) is 6.07 Å². The lowest BCUT2D eigenvalue weighted by molar-refractivity contribution is 0.484. The molecule has 0 spiro atoms. The van der Waals surface area contributed by atoms with Crippen molar-refractivity contribution < 1.29 is 17.4 Å². The van der Waals surface area contributed by atoms with Crippen molar-refractivity contribution in [3.05, 3.63) is 58.9 Å². The van der Waals surface area contributed by atoms with Gasteiger partial charge in [0.25, 0.3) is 0 Å². The maximum Gasteiger partial charge on any atom is 0.161 e. The molecule has 2 aromatic carbocycles. The minimum Gasteiger partial charge on any atom is -0.421 e. The number of hydrogen-bond donors (Lipinski definition) is 0. The van der Waals surface area contributed by atoms with Crippen LogP contribution in [0.4, 0.5) is 13.2 Å². The van der Waals surface area contributed by atoms with Gasteiger partial charge in [0.1, 0.15) is 11.6 Å². The molecular formula is C12H6ClF3OS. The van der Waals surface area contributed by atoms with Crippen molar-refractivity contribution in [2.24, 2.45) is 0 Å². The molecule has 94 valence electrons. The Hall–Kier alpha value is -1.33. The monoisotopic (exact) mass is 290 g/mol. The summed E-state index contributed by atoms with van der Waals surface area (Å²) < 4.78 is 44.0. The van der Waals surface area contributed by atoms with Crippen LogP contribution in [0.15, 0.2) is 41.3 Å². The van der Waals surface area contributed by atoms with Crippen molar-refractivity contribution in [2.75, 3.05) is 0 Å². The van der Waals surface area contributed by atoms with Crippen LogP contribution in [0, 0.1) is 17.5 Å².